The van der Waals surface area contributed by atoms with Crippen molar-refractivity contribution in [3.05, 3.63) is 12.0 Å². The molecule has 1 rings (SSSR count). The number of nitrogens with one attached hydrogen (secondary N) is 1. The number of imidazole rings is 1. The molecule has 1 heterocycles. The molecule has 0 saturated heterocycles. The molecule has 0 aliphatic heterocycles. The molecule has 3 heteroatoms. The van der Waals surface area contributed by atoms with E-state index < -0.39 is 0 Å². The number of thiol groups is 1. The fraction of sp³-hybridized carbons (Fsp3) is 0.500. The Morgan fingerprint density at radius 3 is 3.00 bits per heavy atom. The zero-order chi connectivity index (χ0) is 6.69. The number of H-pyrrole nitrogens is 1. The molecule has 0 aliphatic rings. The third-order valence-electron chi connectivity index (χ3n) is 1.10. The minimum atomic E-state index is 0.846. The van der Waals surface area contributed by atoms with Crippen molar-refractivity contribution in [2.75, 3.05) is 0 Å². The predicted molar refractivity (Wildman–Crippen MR) is 39.8 cm³/mol. The lowest BCUT2D eigenvalue weighted by Gasteiger charge is -1.87. The Labute approximate surface area is 60.1 Å². The standard InChI is InChI=1S/C6H10N2S/c1-2-3-5-7-4-6(9)8-5/h4,9H,2-3H2,1H3,(H,7,8). The second kappa shape index (κ2) is 2.92. The van der Waals surface area contributed by atoms with Crippen LogP contribution in [0.15, 0.2) is 11.2 Å². The molecule has 50 valence electrons. The van der Waals surface area contributed by atoms with Gasteiger partial charge in [-0.05, 0) is 6.42 Å². The molecule has 0 saturated carbocycles. The zero-order valence-electron chi connectivity index (χ0n) is 5.39. The number of aromatic nitrogens is 2. The molecule has 1 N–H and O–H groups in total. The molecule has 0 aromatic carbocycles. The molecule has 0 fully saturated rings. The summed E-state index contributed by atoms with van der Waals surface area (Å²) in [5.41, 5.74) is 0. The van der Waals surface area contributed by atoms with Gasteiger partial charge in [-0.15, -0.1) is 12.6 Å². The largest absolute Gasteiger partial charge is 0.337 e. The molecule has 1 aromatic heterocycles. The summed E-state index contributed by atoms with van der Waals surface area (Å²) >= 11 is 4.08. The van der Waals surface area contributed by atoms with Crippen LogP contribution in [-0.2, 0) is 6.42 Å². The van der Waals surface area contributed by atoms with E-state index in [2.05, 4.69) is 29.5 Å². The lowest BCUT2D eigenvalue weighted by Crippen LogP contribution is -1.83. The minimum Gasteiger partial charge on any atom is -0.337 e. The Balaban J connectivity index is 2.61. The molecular formula is C6H10N2S. The first-order chi connectivity index (χ1) is 4.33. The first-order valence-corrected chi connectivity index (χ1v) is 3.50. The highest BCUT2D eigenvalue weighted by Crippen LogP contribution is 2.02. The van der Waals surface area contributed by atoms with E-state index in [1.807, 2.05) is 0 Å². The number of hydrogen-bond acceptors (Lipinski definition) is 2. The van der Waals surface area contributed by atoms with Gasteiger partial charge in [0, 0.05) is 6.42 Å². The van der Waals surface area contributed by atoms with Gasteiger partial charge < -0.3 is 4.98 Å². The maximum absolute atomic E-state index is 4.08. The van der Waals surface area contributed by atoms with Crippen LogP contribution in [-0.4, -0.2) is 9.97 Å². The zero-order valence-corrected chi connectivity index (χ0v) is 6.28. The molecule has 2 nitrogen and oxygen atoms in total. The number of aromatic amines is 1. The summed E-state index contributed by atoms with van der Waals surface area (Å²) in [7, 11) is 0. The van der Waals surface area contributed by atoms with Crippen LogP contribution in [0.4, 0.5) is 0 Å². The Morgan fingerprint density at radius 1 is 1.78 bits per heavy atom. The van der Waals surface area contributed by atoms with Gasteiger partial charge in [0.25, 0.3) is 0 Å². The first-order valence-electron chi connectivity index (χ1n) is 3.05. The highest BCUT2D eigenvalue weighted by molar-refractivity contribution is 7.80. The average Bonchev–Trinajstić information content (AvgIpc) is 2.17. The minimum absolute atomic E-state index is 0.846. The van der Waals surface area contributed by atoms with Crippen molar-refractivity contribution in [2.24, 2.45) is 0 Å². The van der Waals surface area contributed by atoms with Crippen LogP contribution in [0.25, 0.3) is 0 Å². The van der Waals surface area contributed by atoms with Gasteiger partial charge in [0.1, 0.15) is 5.82 Å². The smallest absolute Gasteiger partial charge is 0.106 e. The second-order valence-corrected chi connectivity index (χ2v) is 2.45. The van der Waals surface area contributed by atoms with Gasteiger partial charge in [0.05, 0.1) is 11.2 Å². The van der Waals surface area contributed by atoms with E-state index in [9.17, 15) is 0 Å². The highest BCUT2D eigenvalue weighted by atomic mass is 32.1. The fourth-order valence-corrected chi connectivity index (χ4v) is 0.902. The van der Waals surface area contributed by atoms with Gasteiger partial charge in [-0.2, -0.15) is 0 Å². The van der Waals surface area contributed by atoms with E-state index in [0.29, 0.717) is 0 Å². The Morgan fingerprint density at radius 2 is 2.56 bits per heavy atom. The Bertz CT molecular complexity index is 183. The molecule has 0 radical (unpaired) electrons. The first kappa shape index (κ1) is 6.68. The Kier molecular flexibility index (Phi) is 2.16. The quantitative estimate of drug-likeness (QED) is 0.604. The topological polar surface area (TPSA) is 28.7 Å². The summed E-state index contributed by atoms with van der Waals surface area (Å²) in [6.45, 7) is 2.13. The van der Waals surface area contributed by atoms with Gasteiger partial charge in [0.2, 0.25) is 0 Å². The summed E-state index contributed by atoms with van der Waals surface area (Å²) in [5.74, 6) is 1.03. The van der Waals surface area contributed by atoms with Gasteiger partial charge in [-0.25, -0.2) is 4.98 Å². The number of rotatable bonds is 2. The molecule has 0 amide bonds. The summed E-state index contributed by atoms with van der Waals surface area (Å²) in [6.07, 6.45) is 3.87. The van der Waals surface area contributed by atoms with Crippen molar-refractivity contribution >= 4 is 12.6 Å². The fourth-order valence-electron chi connectivity index (χ4n) is 0.715. The van der Waals surface area contributed by atoms with Crippen LogP contribution in [0.5, 0.6) is 0 Å². The SMILES string of the molecule is CCCc1ncc(S)[nH]1. The molecule has 0 spiro atoms. The van der Waals surface area contributed by atoms with Gasteiger partial charge >= 0.3 is 0 Å². The van der Waals surface area contributed by atoms with Crippen molar-refractivity contribution in [2.45, 2.75) is 24.8 Å². The lowest BCUT2D eigenvalue weighted by molar-refractivity contribution is 0.849. The molecule has 9 heavy (non-hydrogen) atoms. The van der Waals surface area contributed by atoms with Crippen molar-refractivity contribution < 1.29 is 0 Å². The van der Waals surface area contributed by atoms with E-state index >= 15 is 0 Å². The van der Waals surface area contributed by atoms with E-state index in [0.717, 1.165) is 23.7 Å². The summed E-state index contributed by atoms with van der Waals surface area (Å²) < 4.78 is 0. The van der Waals surface area contributed by atoms with Crippen LogP contribution < -0.4 is 0 Å². The second-order valence-electron chi connectivity index (χ2n) is 1.97. The molecule has 0 atom stereocenters. The van der Waals surface area contributed by atoms with E-state index in [4.69, 9.17) is 0 Å². The van der Waals surface area contributed by atoms with E-state index in [-0.39, 0.29) is 0 Å². The van der Waals surface area contributed by atoms with Crippen molar-refractivity contribution in [3.8, 4) is 0 Å². The van der Waals surface area contributed by atoms with Gasteiger partial charge in [0.15, 0.2) is 0 Å². The highest BCUT2D eigenvalue weighted by Gasteiger charge is 1.93. The number of aryl methyl sites for hydroxylation is 1. The predicted octanol–water partition coefficient (Wildman–Crippen LogP) is 1.65. The van der Waals surface area contributed by atoms with E-state index in [1.54, 1.807) is 6.20 Å². The van der Waals surface area contributed by atoms with Crippen molar-refractivity contribution in [1.82, 2.24) is 9.97 Å². The van der Waals surface area contributed by atoms with Crippen LogP contribution in [0.1, 0.15) is 19.2 Å². The Hall–Kier alpha value is -0.440. The van der Waals surface area contributed by atoms with Gasteiger partial charge in [-0.3, -0.25) is 0 Å². The number of nitrogens with zero attached hydrogens (tertiary/aromatic N) is 1. The molecule has 0 unspecified atom stereocenters. The van der Waals surface area contributed by atoms with Gasteiger partial charge in [-0.1, -0.05) is 6.92 Å². The molecule has 0 aliphatic carbocycles. The average molecular weight is 142 g/mol. The van der Waals surface area contributed by atoms with Crippen molar-refractivity contribution in [1.29, 1.82) is 0 Å². The van der Waals surface area contributed by atoms with E-state index in [1.165, 1.54) is 0 Å². The van der Waals surface area contributed by atoms with Crippen LogP contribution in [0.3, 0.4) is 0 Å². The monoisotopic (exact) mass is 142 g/mol. The lowest BCUT2D eigenvalue weighted by atomic mass is 10.3. The maximum Gasteiger partial charge on any atom is 0.106 e. The third-order valence-corrected chi connectivity index (χ3v) is 1.33. The van der Waals surface area contributed by atoms with Crippen LogP contribution in [0, 0.1) is 0 Å². The van der Waals surface area contributed by atoms with Crippen molar-refractivity contribution in [3.63, 3.8) is 0 Å². The van der Waals surface area contributed by atoms with Crippen LogP contribution in [0.2, 0.25) is 0 Å². The number of hydrogen-bond donors (Lipinski definition) is 2. The molecule has 1 aromatic rings. The normalized spacial score (nSPS) is 10.0. The van der Waals surface area contributed by atoms with Crippen LogP contribution >= 0.6 is 12.6 Å². The molecule has 0 bridgehead atoms. The summed E-state index contributed by atoms with van der Waals surface area (Å²) in [6, 6.07) is 0. The summed E-state index contributed by atoms with van der Waals surface area (Å²) in [4.78, 5) is 7.10. The molecular weight excluding hydrogens is 132 g/mol. The summed E-state index contributed by atoms with van der Waals surface area (Å²) in [5, 5.41) is 0.846. The third kappa shape index (κ3) is 1.75. The maximum atomic E-state index is 4.08.